The molecule has 144 valence electrons. The molecule has 0 spiro atoms. The highest BCUT2D eigenvalue weighted by Gasteiger charge is 2.17. The molecule has 2 heterocycles. The van der Waals surface area contributed by atoms with Gasteiger partial charge < -0.3 is 10.6 Å². The Bertz CT molecular complexity index is 554. The van der Waals surface area contributed by atoms with E-state index in [1.54, 1.807) is 0 Å². The fourth-order valence-corrected chi connectivity index (χ4v) is 3.35. The first kappa shape index (κ1) is 22.2. The minimum absolute atomic E-state index is 0. The van der Waals surface area contributed by atoms with Crippen molar-refractivity contribution in [3.05, 3.63) is 17.0 Å². The molecule has 25 heavy (non-hydrogen) atoms. The van der Waals surface area contributed by atoms with Gasteiger partial charge in [0.2, 0.25) is 0 Å². The molecule has 1 saturated heterocycles. The predicted molar refractivity (Wildman–Crippen MR) is 116 cm³/mol. The highest BCUT2D eigenvalue weighted by Crippen LogP contribution is 2.15. The number of nitrogens with zero attached hydrogens (tertiary/aromatic N) is 4. The van der Waals surface area contributed by atoms with E-state index < -0.39 is 0 Å². The summed E-state index contributed by atoms with van der Waals surface area (Å²) < 4.78 is 1.93. The third-order valence-electron chi connectivity index (χ3n) is 5.03. The predicted octanol–water partition coefficient (Wildman–Crippen LogP) is 2.58. The monoisotopic (exact) mass is 462 g/mol. The molecule has 0 radical (unpaired) electrons. The van der Waals surface area contributed by atoms with Crippen LogP contribution in [0.2, 0.25) is 0 Å². The van der Waals surface area contributed by atoms with Crippen LogP contribution in [-0.2, 0) is 13.6 Å². The van der Waals surface area contributed by atoms with Gasteiger partial charge in [-0.3, -0.25) is 9.58 Å². The van der Waals surface area contributed by atoms with Crippen molar-refractivity contribution in [2.45, 2.75) is 59.5 Å². The zero-order valence-electron chi connectivity index (χ0n) is 16.4. The van der Waals surface area contributed by atoms with Gasteiger partial charge in [0.25, 0.3) is 0 Å². The van der Waals surface area contributed by atoms with E-state index in [4.69, 9.17) is 4.99 Å². The van der Waals surface area contributed by atoms with Crippen LogP contribution in [0.15, 0.2) is 4.99 Å². The molecule has 1 aliphatic heterocycles. The van der Waals surface area contributed by atoms with Crippen LogP contribution in [0.3, 0.4) is 0 Å². The average molecular weight is 462 g/mol. The third kappa shape index (κ3) is 6.44. The lowest BCUT2D eigenvalue weighted by Crippen LogP contribution is -2.45. The first-order valence-corrected chi connectivity index (χ1v) is 9.28. The van der Waals surface area contributed by atoms with Gasteiger partial charge in [0, 0.05) is 44.0 Å². The van der Waals surface area contributed by atoms with Gasteiger partial charge in [0.1, 0.15) is 0 Å². The van der Waals surface area contributed by atoms with Crippen molar-refractivity contribution in [2.24, 2.45) is 12.0 Å². The number of piperidine rings is 1. The van der Waals surface area contributed by atoms with Crippen LogP contribution in [0.1, 0.15) is 50.1 Å². The summed E-state index contributed by atoms with van der Waals surface area (Å²) in [4.78, 5) is 7.32. The molecule has 0 amide bonds. The molecule has 7 heteroatoms. The number of nitrogens with one attached hydrogen (secondary N) is 2. The Kier molecular flexibility index (Phi) is 9.78. The minimum Gasteiger partial charge on any atom is -0.357 e. The second kappa shape index (κ2) is 11.0. The van der Waals surface area contributed by atoms with E-state index in [0.717, 1.165) is 31.3 Å². The van der Waals surface area contributed by atoms with E-state index in [0.29, 0.717) is 12.6 Å². The standard InChI is InChI=1S/C18H34N6.HI/c1-6-19-18(20-10-12-24-11-8-7-9-14(24)2)21-13-17-15(3)22-23(5)16(17)4;/h14H,6-13H2,1-5H3,(H2,19,20,21);1H. The Morgan fingerprint density at radius 2 is 2.04 bits per heavy atom. The van der Waals surface area contributed by atoms with Gasteiger partial charge in [0.05, 0.1) is 12.2 Å². The zero-order chi connectivity index (χ0) is 17.5. The number of aliphatic imine (C=N–C) groups is 1. The molecule has 1 aromatic rings. The Labute approximate surface area is 169 Å². The topological polar surface area (TPSA) is 57.5 Å². The molecule has 0 saturated carbocycles. The van der Waals surface area contributed by atoms with Gasteiger partial charge in [0.15, 0.2) is 5.96 Å². The SMILES string of the molecule is CCNC(=NCc1c(C)nn(C)c1C)NCCN1CCCCC1C.I. The van der Waals surface area contributed by atoms with Gasteiger partial charge in [-0.15, -0.1) is 24.0 Å². The normalized spacial score (nSPS) is 18.8. The minimum atomic E-state index is 0. The maximum absolute atomic E-state index is 4.74. The van der Waals surface area contributed by atoms with E-state index in [1.807, 2.05) is 11.7 Å². The van der Waals surface area contributed by atoms with Crippen molar-refractivity contribution in [1.29, 1.82) is 0 Å². The summed E-state index contributed by atoms with van der Waals surface area (Å²) in [6, 6.07) is 0.709. The number of halogens is 1. The molecule has 1 fully saturated rings. The lowest BCUT2D eigenvalue weighted by Gasteiger charge is -2.33. The van der Waals surface area contributed by atoms with Crippen molar-refractivity contribution < 1.29 is 0 Å². The Morgan fingerprint density at radius 1 is 1.28 bits per heavy atom. The Balaban J connectivity index is 0.00000312. The van der Waals surface area contributed by atoms with Crippen LogP contribution in [0.25, 0.3) is 0 Å². The van der Waals surface area contributed by atoms with Gasteiger partial charge in [-0.05, 0) is 47.1 Å². The molecule has 1 unspecified atom stereocenters. The highest BCUT2D eigenvalue weighted by atomic mass is 127. The fraction of sp³-hybridized carbons (Fsp3) is 0.778. The summed E-state index contributed by atoms with van der Waals surface area (Å²) in [6.45, 7) is 13.4. The van der Waals surface area contributed by atoms with Gasteiger partial charge in [-0.2, -0.15) is 5.10 Å². The van der Waals surface area contributed by atoms with E-state index in [-0.39, 0.29) is 24.0 Å². The summed E-state index contributed by atoms with van der Waals surface area (Å²) in [5.41, 5.74) is 3.48. The van der Waals surface area contributed by atoms with Crippen LogP contribution >= 0.6 is 24.0 Å². The molecule has 2 rings (SSSR count). The number of hydrogen-bond acceptors (Lipinski definition) is 3. The number of likely N-dealkylation sites (tertiary alicyclic amines) is 1. The molecule has 0 bridgehead atoms. The summed E-state index contributed by atoms with van der Waals surface area (Å²) in [5, 5.41) is 11.3. The fourth-order valence-electron chi connectivity index (χ4n) is 3.35. The number of aryl methyl sites for hydroxylation is 2. The number of rotatable bonds is 6. The smallest absolute Gasteiger partial charge is 0.191 e. The van der Waals surface area contributed by atoms with Crippen molar-refractivity contribution >= 4 is 29.9 Å². The zero-order valence-corrected chi connectivity index (χ0v) is 18.8. The van der Waals surface area contributed by atoms with Crippen LogP contribution in [0.4, 0.5) is 0 Å². The largest absolute Gasteiger partial charge is 0.357 e. The second-order valence-electron chi connectivity index (χ2n) is 6.78. The molecule has 1 aliphatic rings. The first-order valence-electron chi connectivity index (χ1n) is 9.28. The van der Waals surface area contributed by atoms with Crippen LogP contribution < -0.4 is 10.6 Å². The Morgan fingerprint density at radius 3 is 2.64 bits per heavy atom. The average Bonchev–Trinajstić information content (AvgIpc) is 2.79. The van der Waals surface area contributed by atoms with Crippen molar-refractivity contribution in [3.8, 4) is 0 Å². The van der Waals surface area contributed by atoms with Gasteiger partial charge in [-0.25, -0.2) is 4.99 Å². The number of aromatic nitrogens is 2. The van der Waals surface area contributed by atoms with Crippen molar-refractivity contribution in [3.63, 3.8) is 0 Å². The summed E-state index contributed by atoms with van der Waals surface area (Å²) in [5.74, 6) is 0.893. The summed E-state index contributed by atoms with van der Waals surface area (Å²) in [6.07, 6.45) is 4.03. The van der Waals surface area contributed by atoms with Crippen LogP contribution in [0, 0.1) is 13.8 Å². The molecule has 1 atom stereocenters. The third-order valence-corrected chi connectivity index (χ3v) is 5.03. The molecular weight excluding hydrogens is 427 g/mol. The summed E-state index contributed by atoms with van der Waals surface area (Å²) >= 11 is 0. The molecule has 6 nitrogen and oxygen atoms in total. The van der Waals surface area contributed by atoms with Gasteiger partial charge >= 0.3 is 0 Å². The molecule has 0 aliphatic carbocycles. The number of hydrogen-bond donors (Lipinski definition) is 2. The lowest BCUT2D eigenvalue weighted by atomic mass is 10.0. The van der Waals surface area contributed by atoms with E-state index >= 15 is 0 Å². The maximum Gasteiger partial charge on any atom is 0.191 e. The maximum atomic E-state index is 4.74. The molecule has 2 N–H and O–H groups in total. The van der Waals surface area contributed by atoms with Gasteiger partial charge in [-0.1, -0.05) is 6.42 Å². The molecule has 1 aromatic heterocycles. The Hall–Kier alpha value is -0.830. The van der Waals surface area contributed by atoms with Crippen LogP contribution in [-0.4, -0.2) is 52.9 Å². The first-order chi connectivity index (χ1) is 11.5. The number of guanidine groups is 1. The van der Waals surface area contributed by atoms with E-state index in [1.165, 1.54) is 37.1 Å². The van der Waals surface area contributed by atoms with E-state index in [2.05, 4.69) is 48.3 Å². The molecular formula is C18H35IN6. The summed E-state index contributed by atoms with van der Waals surface area (Å²) in [7, 11) is 1.98. The molecule has 0 aromatic carbocycles. The van der Waals surface area contributed by atoms with Crippen molar-refractivity contribution in [1.82, 2.24) is 25.3 Å². The second-order valence-corrected chi connectivity index (χ2v) is 6.78. The van der Waals surface area contributed by atoms with Crippen LogP contribution in [0.5, 0.6) is 0 Å². The lowest BCUT2D eigenvalue weighted by molar-refractivity contribution is 0.163. The quantitative estimate of drug-likeness (QED) is 0.388. The van der Waals surface area contributed by atoms with Crippen molar-refractivity contribution in [2.75, 3.05) is 26.2 Å². The highest BCUT2D eigenvalue weighted by molar-refractivity contribution is 14.0. The van der Waals surface area contributed by atoms with E-state index in [9.17, 15) is 0 Å².